The quantitative estimate of drug-likeness (QED) is 0.863. The van der Waals surface area contributed by atoms with E-state index in [9.17, 15) is 0 Å². The van der Waals surface area contributed by atoms with Crippen molar-refractivity contribution in [3.05, 3.63) is 29.5 Å². The van der Waals surface area contributed by atoms with E-state index < -0.39 is 0 Å². The Morgan fingerprint density at radius 1 is 1.19 bits per heavy atom. The van der Waals surface area contributed by atoms with Crippen molar-refractivity contribution in [2.45, 2.75) is 44.9 Å². The zero-order chi connectivity index (χ0) is 14.4. The molecule has 1 spiro atoms. The summed E-state index contributed by atoms with van der Waals surface area (Å²) in [5, 5.41) is 1.07. The number of hydrogen-bond acceptors (Lipinski definition) is 3. The van der Waals surface area contributed by atoms with Crippen LogP contribution in [0.3, 0.4) is 0 Å². The summed E-state index contributed by atoms with van der Waals surface area (Å²) in [7, 11) is 1.69. The molecular weight excluding hydrogens is 260 g/mol. The molecular formula is C18H22N2O. The smallest absolute Gasteiger partial charge is 0.121 e. The maximum absolute atomic E-state index is 6.50. The molecule has 3 nitrogen and oxygen atoms in total. The Hall–Kier alpha value is -1.77. The first-order valence-corrected chi connectivity index (χ1v) is 7.96. The molecule has 0 amide bonds. The largest absolute Gasteiger partial charge is 0.497 e. The molecule has 0 bridgehead atoms. The highest BCUT2D eigenvalue weighted by atomic mass is 16.5. The summed E-state index contributed by atoms with van der Waals surface area (Å²) in [5.41, 5.74) is 11.5. The van der Waals surface area contributed by atoms with E-state index in [1.807, 2.05) is 18.2 Å². The maximum Gasteiger partial charge on any atom is 0.121 e. The van der Waals surface area contributed by atoms with Crippen LogP contribution < -0.4 is 10.5 Å². The molecule has 1 saturated carbocycles. The molecule has 1 heterocycles. The van der Waals surface area contributed by atoms with Crippen LogP contribution in [-0.4, -0.2) is 12.1 Å². The third-order valence-electron chi connectivity index (χ3n) is 5.53. The molecule has 1 aromatic carbocycles. The van der Waals surface area contributed by atoms with E-state index in [0.29, 0.717) is 5.41 Å². The number of nitrogens with two attached hydrogens (primary N) is 1. The monoisotopic (exact) mass is 282 g/mol. The number of fused-ring (bicyclic) bond motifs is 2. The average molecular weight is 282 g/mol. The van der Waals surface area contributed by atoms with Crippen molar-refractivity contribution in [2.75, 3.05) is 12.8 Å². The van der Waals surface area contributed by atoms with Gasteiger partial charge in [-0.2, -0.15) is 0 Å². The molecule has 0 unspecified atom stereocenters. The van der Waals surface area contributed by atoms with Crippen LogP contribution in [0.2, 0.25) is 0 Å². The van der Waals surface area contributed by atoms with Crippen LogP contribution in [0.15, 0.2) is 18.2 Å². The summed E-state index contributed by atoms with van der Waals surface area (Å²) in [6.45, 7) is 0. The molecule has 2 aliphatic rings. The number of hydrogen-bond donors (Lipinski definition) is 1. The van der Waals surface area contributed by atoms with Crippen molar-refractivity contribution in [1.29, 1.82) is 0 Å². The van der Waals surface area contributed by atoms with E-state index in [1.165, 1.54) is 43.4 Å². The fourth-order valence-corrected chi connectivity index (χ4v) is 4.29. The summed E-state index contributed by atoms with van der Waals surface area (Å²) in [4.78, 5) is 4.88. The minimum Gasteiger partial charge on any atom is -0.497 e. The molecule has 0 saturated heterocycles. The average Bonchev–Trinajstić information content (AvgIpc) is 2.96. The third kappa shape index (κ3) is 1.98. The molecule has 3 heteroatoms. The minimum absolute atomic E-state index is 0.517. The van der Waals surface area contributed by atoms with Crippen molar-refractivity contribution in [3.8, 4) is 5.75 Å². The lowest BCUT2D eigenvalue weighted by molar-refractivity contribution is 0.253. The predicted octanol–water partition coefficient (Wildman–Crippen LogP) is 3.87. The zero-order valence-electron chi connectivity index (χ0n) is 12.6. The van der Waals surface area contributed by atoms with Gasteiger partial charge in [-0.15, -0.1) is 0 Å². The first-order chi connectivity index (χ1) is 10.2. The van der Waals surface area contributed by atoms with Crippen LogP contribution >= 0.6 is 0 Å². The van der Waals surface area contributed by atoms with E-state index in [4.69, 9.17) is 15.5 Å². The highest BCUT2D eigenvalue weighted by Gasteiger charge is 2.38. The fourth-order valence-electron chi connectivity index (χ4n) is 4.29. The van der Waals surface area contributed by atoms with Gasteiger partial charge in [-0.25, -0.2) is 0 Å². The molecule has 2 aromatic rings. The number of aromatic nitrogens is 1. The molecule has 0 aliphatic heterocycles. The van der Waals surface area contributed by atoms with E-state index in [-0.39, 0.29) is 0 Å². The van der Waals surface area contributed by atoms with Crippen LogP contribution in [0.4, 0.5) is 5.69 Å². The van der Waals surface area contributed by atoms with E-state index in [1.54, 1.807) is 7.11 Å². The Morgan fingerprint density at radius 2 is 2.00 bits per heavy atom. The normalized spacial score (nSPS) is 19.9. The molecule has 4 rings (SSSR count). The first kappa shape index (κ1) is 12.9. The number of rotatable bonds is 1. The first-order valence-electron chi connectivity index (χ1n) is 7.96. The highest BCUT2D eigenvalue weighted by molar-refractivity contribution is 5.93. The number of anilines is 1. The van der Waals surface area contributed by atoms with E-state index in [2.05, 4.69) is 0 Å². The van der Waals surface area contributed by atoms with Gasteiger partial charge in [-0.1, -0.05) is 12.8 Å². The predicted molar refractivity (Wildman–Crippen MR) is 85.6 cm³/mol. The number of ether oxygens (including phenoxy) is 1. The molecule has 0 radical (unpaired) electrons. The highest BCUT2D eigenvalue weighted by Crippen LogP contribution is 2.49. The van der Waals surface area contributed by atoms with Gasteiger partial charge in [0.25, 0.3) is 0 Å². The van der Waals surface area contributed by atoms with E-state index >= 15 is 0 Å². The Labute approximate surface area is 125 Å². The van der Waals surface area contributed by atoms with Crippen LogP contribution in [-0.2, 0) is 12.8 Å². The standard InChI is InChI=1S/C18H22N2O/c1-21-12-4-5-13-16(10-12)20-15-6-9-18(7-2-3-8-18)11-14(15)17(13)19/h4-5,10H,2-3,6-9,11H2,1H3,(H2,19,20). The molecule has 1 fully saturated rings. The van der Waals surface area contributed by atoms with Crippen LogP contribution in [0.1, 0.15) is 43.4 Å². The van der Waals surface area contributed by atoms with Gasteiger partial charge in [0.1, 0.15) is 5.75 Å². The maximum atomic E-state index is 6.50. The number of nitrogen functional groups attached to an aromatic ring is 1. The SMILES string of the molecule is COc1ccc2c(N)c3c(nc2c1)CCC1(CCCC1)C3. The topological polar surface area (TPSA) is 48.1 Å². The lowest BCUT2D eigenvalue weighted by atomic mass is 9.71. The lowest BCUT2D eigenvalue weighted by Gasteiger charge is -2.35. The third-order valence-corrected chi connectivity index (χ3v) is 5.53. The van der Waals surface area contributed by atoms with Gasteiger partial charge in [-0.05, 0) is 55.2 Å². The van der Waals surface area contributed by atoms with Crippen LogP contribution in [0.25, 0.3) is 10.9 Å². The van der Waals surface area contributed by atoms with Crippen molar-refractivity contribution in [2.24, 2.45) is 5.41 Å². The van der Waals surface area contributed by atoms with Crippen LogP contribution in [0, 0.1) is 5.41 Å². The van der Waals surface area contributed by atoms with Gasteiger partial charge < -0.3 is 10.5 Å². The number of methoxy groups -OCH3 is 1. The number of nitrogens with zero attached hydrogens (tertiary/aromatic N) is 1. The second-order valence-electron chi connectivity index (χ2n) is 6.72. The Balaban J connectivity index is 1.84. The summed E-state index contributed by atoms with van der Waals surface area (Å²) in [5.74, 6) is 0.845. The minimum atomic E-state index is 0.517. The molecule has 2 N–H and O–H groups in total. The van der Waals surface area contributed by atoms with Crippen molar-refractivity contribution >= 4 is 16.6 Å². The summed E-state index contributed by atoms with van der Waals surface area (Å²) in [6, 6.07) is 6.01. The summed E-state index contributed by atoms with van der Waals surface area (Å²) < 4.78 is 5.30. The summed E-state index contributed by atoms with van der Waals surface area (Å²) >= 11 is 0. The fraction of sp³-hybridized carbons (Fsp3) is 0.500. The molecule has 1 aromatic heterocycles. The molecule has 0 atom stereocenters. The lowest BCUT2D eigenvalue weighted by Crippen LogP contribution is -2.27. The summed E-state index contributed by atoms with van der Waals surface area (Å²) in [6.07, 6.45) is 8.98. The van der Waals surface area contributed by atoms with Crippen molar-refractivity contribution < 1.29 is 4.74 Å². The van der Waals surface area contributed by atoms with Gasteiger partial charge in [-0.3, -0.25) is 4.98 Å². The number of aryl methyl sites for hydroxylation is 1. The zero-order valence-corrected chi connectivity index (χ0v) is 12.6. The second kappa shape index (κ2) is 4.62. The number of pyridine rings is 1. The molecule has 21 heavy (non-hydrogen) atoms. The van der Waals surface area contributed by atoms with Gasteiger partial charge >= 0.3 is 0 Å². The van der Waals surface area contributed by atoms with Crippen molar-refractivity contribution in [1.82, 2.24) is 4.98 Å². The molecule has 2 aliphatic carbocycles. The van der Waals surface area contributed by atoms with Gasteiger partial charge in [0.2, 0.25) is 0 Å². The van der Waals surface area contributed by atoms with Gasteiger partial charge in [0.05, 0.1) is 12.6 Å². The Kier molecular flexibility index (Phi) is 2.84. The second-order valence-corrected chi connectivity index (χ2v) is 6.72. The van der Waals surface area contributed by atoms with E-state index in [0.717, 1.165) is 35.2 Å². The van der Waals surface area contributed by atoms with Gasteiger partial charge in [0, 0.05) is 22.8 Å². The Morgan fingerprint density at radius 3 is 2.76 bits per heavy atom. The Bertz CT molecular complexity index is 702. The van der Waals surface area contributed by atoms with Gasteiger partial charge in [0.15, 0.2) is 0 Å². The van der Waals surface area contributed by atoms with Crippen molar-refractivity contribution in [3.63, 3.8) is 0 Å². The van der Waals surface area contributed by atoms with Crippen LogP contribution in [0.5, 0.6) is 5.75 Å². The number of benzene rings is 1. The molecule has 110 valence electrons.